The first-order chi connectivity index (χ1) is 7.99. The lowest BCUT2D eigenvalue weighted by molar-refractivity contribution is 0.552. The van der Waals surface area contributed by atoms with Gasteiger partial charge in [-0.3, -0.25) is 0 Å². The maximum atomic E-state index is 12.1. The quantitative estimate of drug-likeness (QED) is 0.840. The largest absolute Gasteiger partial charge is 0.398 e. The van der Waals surface area contributed by atoms with Gasteiger partial charge in [0.1, 0.15) is 0 Å². The van der Waals surface area contributed by atoms with Gasteiger partial charge < -0.3 is 5.73 Å². The van der Waals surface area contributed by atoms with Crippen LogP contribution in [-0.2, 0) is 10.0 Å². The van der Waals surface area contributed by atoms with E-state index in [-0.39, 0.29) is 10.9 Å². The summed E-state index contributed by atoms with van der Waals surface area (Å²) in [5.74, 6) is 0. The molecule has 1 aliphatic carbocycles. The first kappa shape index (κ1) is 12.9. The van der Waals surface area contributed by atoms with Gasteiger partial charge in [-0.15, -0.1) is 0 Å². The lowest BCUT2D eigenvalue weighted by Gasteiger charge is -2.13. The minimum atomic E-state index is -3.43. The van der Waals surface area contributed by atoms with E-state index < -0.39 is 10.0 Å². The SMILES string of the molecule is Nc1cc(S(=O)(=O)NC2CCCC2)ccc1Br. The van der Waals surface area contributed by atoms with Gasteiger partial charge >= 0.3 is 0 Å². The van der Waals surface area contributed by atoms with E-state index in [4.69, 9.17) is 5.73 Å². The molecule has 0 bridgehead atoms. The molecule has 1 fully saturated rings. The van der Waals surface area contributed by atoms with Crippen molar-refractivity contribution < 1.29 is 8.42 Å². The highest BCUT2D eigenvalue weighted by Crippen LogP contribution is 2.24. The minimum Gasteiger partial charge on any atom is -0.398 e. The normalized spacial score (nSPS) is 17.5. The predicted molar refractivity (Wildman–Crippen MR) is 71.1 cm³/mol. The summed E-state index contributed by atoms with van der Waals surface area (Å²) in [6.45, 7) is 0. The third kappa shape index (κ3) is 3.00. The molecular weight excluding hydrogens is 304 g/mol. The van der Waals surface area contributed by atoms with Gasteiger partial charge in [-0.05, 0) is 47.0 Å². The van der Waals surface area contributed by atoms with Crippen LogP contribution < -0.4 is 10.5 Å². The highest BCUT2D eigenvalue weighted by molar-refractivity contribution is 9.10. The summed E-state index contributed by atoms with van der Waals surface area (Å²) in [6, 6.07) is 4.75. The lowest BCUT2D eigenvalue weighted by atomic mass is 10.3. The van der Waals surface area contributed by atoms with E-state index in [0.717, 1.165) is 25.7 Å². The third-order valence-corrected chi connectivity index (χ3v) is 5.20. The summed E-state index contributed by atoms with van der Waals surface area (Å²) < 4.78 is 27.6. The Kier molecular flexibility index (Phi) is 3.75. The van der Waals surface area contributed by atoms with Gasteiger partial charge in [0, 0.05) is 16.2 Å². The van der Waals surface area contributed by atoms with Gasteiger partial charge in [-0.1, -0.05) is 12.8 Å². The third-order valence-electron chi connectivity index (χ3n) is 2.95. The lowest BCUT2D eigenvalue weighted by Crippen LogP contribution is -2.32. The molecule has 1 saturated carbocycles. The Hall–Kier alpha value is -0.590. The van der Waals surface area contributed by atoms with E-state index in [9.17, 15) is 8.42 Å². The van der Waals surface area contributed by atoms with Crippen molar-refractivity contribution >= 4 is 31.6 Å². The fraction of sp³-hybridized carbons (Fsp3) is 0.455. The molecule has 0 radical (unpaired) electrons. The number of sulfonamides is 1. The van der Waals surface area contributed by atoms with Crippen LogP contribution >= 0.6 is 15.9 Å². The van der Waals surface area contributed by atoms with Crippen LogP contribution in [0.4, 0.5) is 5.69 Å². The van der Waals surface area contributed by atoms with Crippen molar-refractivity contribution in [3.63, 3.8) is 0 Å². The van der Waals surface area contributed by atoms with Gasteiger partial charge in [0.05, 0.1) is 4.90 Å². The van der Waals surface area contributed by atoms with Crippen molar-refractivity contribution in [1.82, 2.24) is 4.72 Å². The number of rotatable bonds is 3. The number of nitrogens with two attached hydrogens (primary N) is 1. The van der Waals surface area contributed by atoms with Gasteiger partial charge in [0.15, 0.2) is 0 Å². The molecule has 6 heteroatoms. The van der Waals surface area contributed by atoms with E-state index in [1.807, 2.05) is 0 Å². The second-order valence-corrected chi connectivity index (χ2v) is 6.85. The highest BCUT2D eigenvalue weighted by Gasteiger charge is 2.23. The maximum Gasteiger partial charge on any atom is 0.240 e. The van der Waals surface area contributed by atoms with Crippen LogP contribution in [0.5, 0.6) is 0 Å². The molecule has 2 rings (SSSR count). The number of hydrogen-bond acceptors (Lipinski definition) is 3. The standard InChI is InChI=1S/C11H15BrN2O2S/c12-10-6-5-9(7-11(10)13)17(15,16)14-8-3-1-2-4-8/h5-8,14H,1-4,13H2. The van der Waals surface area contributed by atoms with Crippen molar-refractivity contribution in [3.8, 4) is 0 Å². The van der Waals surface area contributed by atoms with E-state index in [2.05, 4.69) is 20.7 Å². The molecule has 4 nitrogen and oxygen atoms in total. The van der Waals surface area contributed by atoms with Crippen LogP contribution in [0, 0.1) is 0 Å². The summed E-state index contributed by atoms with van der Waals surface area (Å²) in [5, 5.41) is 0. The second-order valence-electron chi connectivity index (χ2n) is 4.29. The van der Waals surface area contributed by atoms with Gasteiger partial charge in [-0.25, -0.2) is 13.1 Å². The Morgan fingerprint density at radius 1 is 1.29 bits per heavy atom. The fourth-order valence-electron chi connectivity index (χ4n) is 2.02. The number of anilines is 1. The number of hydrogen-bond donors (Lipinski definition) is 2. The molecule has 0 amide bonds. The zero-order chi connectivity index (χ0) is 12.5. The topological polar surface area (TPSA) is 72.2 Å². The fourth-order valence-corrected chi connectivity index (χ4v) is 3.61. The van der Waals surface area contributed by atoms with Crippen LogP contribution in [0.2, 0.25) is 0 Å². The average molecular weight is 319 g/mol. The zero-order valence-electron chi connectivity index (χ0n) is 9.32. The van der Waals surface area contributed by atoms with Crippen molar-refractivity contribution in [3.05, 3.63) is 22.7 Å². The molecule has 0 aromatic heterocycles. The molecule has 1 aromatic rings. The number of nitrogen functional groups attached to an aromatic ring is 1. The Morgan fingerprint density at radius 2 is 1.94 bits per heavy atom. The van der Waals surface area contributed by atoms with E-state index in [0.29, 0.717) is 10.2 Å². The summed E-state index contributed by atoms with van der Waals surface area (Å²) in [7, 11) is -3.43. The van der Waals surface area contributed by atoms with Crippen LogP contribution in [0.15, 0.2) is 27.6 Å². The summed E-state index contributed by atoms with van der Waals surface area (Å²) in [5.41, 5.74) is 6.12. The molecule has 0 atom stereocenters. The Morgan fingerprint density at radius 3 is 2.53 bits per heavy atom. The molecule has 1 aromatic carbocycles. The van der Waals surface area contributed by atoms with Crippen LogP contribution in [0.3, 0.4) is 0 Å². The molecule has 0 heterocycles. The minimum absolute atomic E-state index is 0.0740. The Bertz CT molecular complexity index is 510. The van der Waals surface area contributed by atoms with E-state index >= 15 is 0 Å². The number of halogens is 1. The summed E-state index contributed by atoms with van der Waals surface area (Å²) in [4.78, 5) is 0.227. The molecule has 94 valence electrons. The molecular formula is C11H15BrN2O2S. The van der Waals surface area contributed by atoms with Gasteiger partial charge in [-0.2, -0.15) is 0 Å². The van der Waals surface area contributed by atoms with Crippen molar-refractivity contribution in [2.75, 3.05) is 5.73 Å². The zero-order valence-corrected chi connectivity index (χ0v) is 11.7. The van der Waals surface area contributed by atoms with E-state index in [1.54, 1.807) is 12.1 Å². The highest BCUT2D eigenvalue weighted by atomic mass is 79.9. The van der Waals surface area contributed by atoms with Crippen molar-refractivity contribution in [2.24, 2.45) is 0 Å². The Balaban J connectivity index is 2.21. The smallest absolute Gasteiger partial charge is 0.240 e. The predicted octanol–water partition coefficient (Wildman–Crippen LogP) is 2.25. The molecule has 0 spiro atoms. The van der Waals surface area contributed by atoms with Gasteiger partial charge in [0.25, 0.3) is 0 Å². The van der Waals surface area contributed by atoms with E-state index in [1.165, 1.54) is 6.07 Å². The average Bonchev–Trinajstić information content (AvgIpc) is 2.73. The first-order valence-corrected chi connectivity index (χ1v) is 7.84. The molecule has 0 aliphatic heterocycles. The first-order valence-electron chi connectivity index (χ1n) is 5.56. The molecule has 1 aliphatic rings. The molecule has 3 N–H and O–H groups in total. The summed E-state index contributed by atoms with van der Waals surface area (Å²) in [6.07, 6.45) is 4.03. The summed E-state index contributed by atoms with van der Waals surface area (Å²) >= 11 is 3.24. The van der Waals surface area contributed by atoms with Gasteiger partial charge in [0.2, 0.25) is 10.0 Å². The monoisotopic (exact) mass is 318 g/mol. The van der Waals surface area contributed by atoms with Crippen LogP contribution in [0.1, 0.15) is 25.7 Å². The number of benzene rings is 1. The maximum absolute atomic E-state index is 12.1. The van der Waals surface area contributed by atoms with Crippen LogP contribution in [-0.4, -0.2) is 14.5 Å². The molecule has 0 saturated heterocycles. The molecule has 0 unspecified atom stereocenters. The van der Waals surface area contributed by atoms with Crippen LogP contribution in [0.25, 0.3) is 0 Å². The van der Waals surface area contributed by atoms with Crippen molar-refractivity contribution in [1.29, 1.82) is 0 Å². The number of nitrogens with one attached hydrogen (secondary N) is 1. The van der Waals surface area contributed by atoms with Crippen molar-refractivity contribution in [2.45, 2.75) is 36.6 Å². The second kappa shape index (κ2) is 4.96. The molecule has 17 heavy (non-hydrogen) atoms. The Labute approximate surface area is 110 Å².